The molecule has 1 saturated heterocycles. The number of aromatic nitrogens is 3. The summed E-state index contributed by atoms with van der Waals surface area (Å²) in [6, 6.07) is 10.1. The second kappa shape index (κ2) is 11.5. The van der Waals surface area contributed by atoms with Gasteiger partial charge in [0.1, 0.15) is 5.60 Å². The summed E-state index contributed by atoms with van der Waals surface area (Å²) in [5, 5.41) is 0.677. The first-order valence-electron chi connectivity index (χ1n) is 13.3. The second-order valence-corrected chi connectivity index (χ2v) is 14.0. The number of imidazole rings is 1. The molecule has 2 aliphatic rings. The average Bonchev–Trinajstić information content (AvgIpc) is 3.28. The monoisotopic (exact) mass is 736 g/mol. The smallest absolute Gasteiger partial charge is 0.0241 e. The molecule has 0 spiro atoms. The van der Waals surface area contributed by atoms with Gasteiger partial charge in [-0.15, -0.1) is 0 Å². The van der Waals surface area contributed by atoms with E-state index in [-0.39, 0.29) is 17.8 Å². The quantitative estimate of drug-likeness (QED) is 0.232. The SMILES string of the molecule is CC(C)(C)OC(=O)N1CCC(C2c3ccc(Cl)cc3C=C(CCC(=O)c3c[n]([Tl])cn3)c3cccnc32)CC1. The number of amides is 1. The fourth-order valence-electron chi connectivity index (χ4n) is 5.59. The van der Waals surface area contributed by atoms with Crippen LogP contribution in [0.3, 0.4) is 0 Å². The number of pyridine rings is 1. The molecule has 3 heterocycles. The number of piperidine rings is 1. The van der Waals surface area contributed by atoms with Gasteiger partial charge >= 0.3 is 198 Å². The van der Waals surface area contributed by atoms with E-state index in [1.54, 1.807) is 6.33 Å². The number of carbonyl (C=O) groups is 2. The van der Waals surface area contributed by atoms with Gasteiger partial charge in [0, 0.05) is 13.1 Å². The van der Waals surface area contributed by atoms with Gasteiger partial charge in [-0.2, -0.15) is 0 Å². The number of ketones is 1. The van der Waals surface area contributed by atoms with E-state index < -0.39 is 5.60 Å². The number of halogens is 1. The zero-order valence-corrected chi connectivity index (χ0v) is 27.8. The summed E-state index contributed by atoms with van der Waals surface area (Å²) in [6.07, 6.45) is 9.98. The molecule has 0 radical (unpaired) electrons. The Hall–Kier alpha value is -2.53. The van der Waals surface area contributed by atoms with Crippen molar-refractivity contribution in [1.29, 1.82) is 0 Å². The van der Waals surface area contributed by atoms with Crippen molar-refractivity contribution in [2.75, 3.05) is 13.1 Å². The average molecular weight is 736 g/mol. The van der Waals surface area contributed by atoms with E-state index in [1.165, 1.54) is 5.56 Å². The zero-order valence-electron chi connectivity index (χ0n) is 22.6. The molecule has 9 heteroatoms. The van der Waals surface area contributed by atoms with E-state index in [0.29, 0.717) is 68.6 Å². The summed E-state index contributed by atoms with van der Waals surface area (Å²) in [5.74, 6) is 0.396. The Balaban J connectivity index is 1.44. The van der Waals surface area contributed by atoms with Crippen LogP contribution in [0.5, 0.6) is 0 Å². The molecule has 2 aromatic heterocycles. The molecule has 200 valence electrons. The standard InChI is InChI=1S/C30H33ClN4O3.Tl/c1-30(2,3)38-29(37)35-13-10-19(11-14-35)27-23-8-7-22(31)16-21(23)15-20(24-5-4-12-33-28(24)27)6-9-26(36)25-17-32-18-34-25;/h4-5,7-8,12,15-19,27H,6,9-11,13-14H2,1-3H3,(H,32,34,36);/q;+1/p-1. The molecule has 1 amide bonds. The van der Waals surface area contributed by atoms with Crippen molar-refractivity contribution in [2.45, 2.75) is 58.0 Å². The molecule has 0 saturated carbocycles. The number of carbonyl (C=O) groups excluding carboxylic acids is 2. The summed E-state index contributed by atoms with van der Waals surface area (Å²) < 4.78 is 7.57. The van der Waals surface area contributed by atoms with Gasteiger partial charge in [0.05, 0.1) is 0 Å². The number of ether oxygens (including phenoxy) is 1. The van der Waals surface area contributed by atoms with Crippen molar-refractivity contribution in [3.05, 3.63) is 82.2 Å². The number of nitrogens with zero attached hydrogens (tertiary/aromatic N) is 4. The first-order chi connectivity index (χ1) is 18.6. The van der Waals surface area contributed by atoms with Crippen molar-refractivity contribution in [3.63, 3.8) is 0 Å². The van der Waals surface area contributed by atoms with E-state index in [9.17, 15) is 9.59 Å². The maximum atomic E-state index is 12.9. The molecule has 39 heavy (non-hydrogen) atoms. The van der Waals surface area contributed by atoms with Crippen molar-refractivity contribution in [3.8, 4) is 0 Å². The zero-order chi connectivity index (χ0) is 27.7. The van der Waals surface area contributed by atoms with E-state index in [2.05, 4.69) is 23.2 Å². The fraction of sp³-hybridized carbons (Fsp3) is 0.400. The van der Waals surface area contributed by atoms with Gasteiger partial charge < -0.3 is 9.64 Å². The van der Waals surface area contributed by atoms with Gasteiger partial charge in [-0.25, -0.2) is 4.79 Å². The molecule has 1 unspecified atom stereocenters. The number of Topliss-reactive ketones (excluding diaryl/α,β-unsaturated/α-hetero) is 1. The van der Waals surface area contributed by atoms with Crippen LogP contribution >= 0.6 is 11.6 Å². The van der Waals surface area contributed by atoms with Gasteiger partial charge in [0.15, 0.2) is 0 Å². The number of benzene rings is 1. The number of rotatable bonds is 5. The van der Waals surface area contributed by atoms with Crippen LogP contribution in [0.1, 0.15) is 85.2 Å². The summed E-state index contributed by atoms with van der Waals surface area (Å²) in [5.41, 5.74) is 5.44. The van der Waals surface area contributed by atoms with Gasteiger partial charge in [0.25, 0.3) is 0 Å². The van der Waals surface area contributed by atoms with Gasteiger partial charge in [-0.05, 0) is 20.8 Å². The van der Waals surface area contributed by atoms with E-state index in [1.807, 2.05) is 58.6 Å². The molecular weight excluding hydrogens is 704 g/mol. The molecular formula is C30H32ClN4O3Tl. The van der Waals surface area contributed by atoms with Crippen LogP contribution in [0.4, 0.5) is 4.79 Å². The van der Waals surface area contributed by atoms with Crippen molar-refractivity contribution >= 4 is 61.2 Å². The second-order valence-electron chi connectivity index (χ2n) is 11.3. The molecule has 1 aliphatic heterocycles. The van der Waals surface area contributed by atoms with Crippen LogP contribution in [0.25, 0.3) is 11.6 Å². The van der Waals surface area contributed by atoms with E-state index in [0.717, 1.165) is 35.2 Å². The topological polar surface area (TPSA) is 77.3 Å². The predicted molar refractivity (Wildman–Crippen MR) is 153 cm³/mol. The van der Waals surface area contributed by atoms with Crippen molar-refractivity contribution < 1.29 is 14.3 Å². The third-order valence-electron chi connectivity index (χ3n) is 7.36. The molecule has 0 N–H and O–H groups in total. The number of fused-ring (bicyclic) bond motifs is 2. The van der Waals surface area contributed by atoms with Crippen molar-refractivity contribution in [2.24, 2.45) is 5.92 Å². The van der Waals surface area contributed by atoms with Gasteiger partial charge in [-0.1, -0.05) is 0 Å². The molecule has 1 atom stereocenters. The third-order valence-corrected chi connectivity index (χ3v) is 8.70. The van der Waals surface area contributed by atoms with Crippen LogP contribution in [-0.4, -0.2) is 73.9 Å². The Morgan fingerprint density at radius 1 is 1.15 bits per heavy atom. The van der Waals surface area contributed by atoms with Crippen LogP contribution in [0.15, 0.2) is 49.1 Å². The number of hydrogen-bond donors (Lipinski definition) is 0. The Morgan fingerprint density at radius 3 is 2.62 bits per heavy atom. The number of allylic oxidation sites excluding steroid dienone is 1. The fourth-order valence-corrected chi connectivity index (χ4v) is 6.57. The van der Waals surface area contributed by atoms with Crippen LogP contribution < -0.4 is 0 Å². The molecule has 5 rings (SSSR count). The Labute approximate surface area is 250 Å². The first-order valence-corrected chi connectivity index (χ1v) is 15.7. The van der Waals surface area contributed by atoms with E-state index in [4.69, 9.17) is 21.3 Å². The Kier molecular flexibility index (Phi) is 8.28. The number of hydrogen-bond acceptors (Lipinski definition) is 5. The number of likely N-dealkylation sites (tertiary alicyclic amines) is 1. The minimum absolute atomic E-state index is 0.0439. The summed E-state index contributed by atoms with van der Waals surface area (Å²) >= 11 is 7.06. The van der Waals surface area contributed by atoms with Gasteiger partial charge in [0.2, 0.25) is 0 Å². The minimum Gasteiger partial charge on any atom is 0.0241 e. The summed E-state index contributed by atoms with van der Waals surface area (Å²) in [7, 11) is 0. The van der Waals surface area contributed by atoms with E-state index >= 15 is 0 Å². The molecule has 1 aliphatic carbocycles. The minimum atomic E-state index is -0.515. The van der Waals surface area contributed by atoms with Crippen molar-refractivity contribution in [1.82, 2.24) is 17.2 Å². The summed E-state index contributed by atoms with van der Waals surface area (Å²) in [6.45, 7) is 6.96. The molecule has 0 bridgehead atoms. The van der Waals surface area contributed by atoms with Crippen LogP contribution in [0, 0.1) is 5.92 Å². The maximum absolute atomic E-state index is 12.9. The normalized spacial score (nSPS) is 17.6. The first kappa shape index (κ1) is 28.0. The molecule has 1 fully saturated rings. The van der Waals surface area contributed by atoms with Crippen LogP contribution in [0.2, 0.25) is 5.02 Å². The third kappa shape index (κ3) is 6.45. The van der Waals surface area contributed by atoms with Crippen LogP contribution in [-0.2, 0) is 4.74 Å². The Morgan fingerprint density at radius 2 is 1.92 bits per heavy atom. The summed E-state index contributed by atoms with van der Waals surface area (Å²) in [4.78, 5) is 36.6. The molecule has 3 aromatic rings. The molecule has 1 aromatic carbocycles. The molecule has 7 nitrogen and oxygen atoms in total. The predicted octanol–water partition coefficient (Wildman–Crippen LogP) is 6.16. The van der Waals surface area contributed by atoms with Gasteiger partial charge in [-0.3, -0.25) is 0 Å². The Bertz CT molecular complexity index is 1420.